The first-order chi connectivity index (χ1) is 11.3. The van der Waals surface area contributed by atoms with E-state index in [0.717, 1.165) is 35.2 Å². The van der Waals surface area contributed by atoms with Gasteiger partial charge in [-0.05, 0) is 43.0 Å². The molecule has 1 aliphatic rings. The van der Waals surface area contributed by atoms with E-state index in [1.807, 2.05) is 36.7 Å². The maximum atomic E-state index is 9.11. The summed E-state index contributed by atoms with van der Waals surface area (Å²) in [6, 6.07) is 12.1. The predicted octanol–water partition coefficient (Wildman–Crippen LogP) is 4.09. The van der Waals surface area contributed by atoms with Gasteiger partial charge >= 0.3 is 0 Å². The van der Waals surface area contributed by atoms with E-state index in [1.54, 1.807) is 0 Å². The molecule has 23 heavy (non-hydrogen) atoms. The summed E-state index contributed by atoms with van der Waals surface area (Å²) < 4.78 is 0. The number of fused-ring (bicyclic) bond motifs is 1. The van der Waals surface area contributed by atoms with Crippen LogP contribution in [0.1, 0.15) is 24.8 Å². The molecule has 0 unspecified atom stereocenters. The summed E-state index contributed by atoms with van der Waals surface area (Å²) in [4.78, 5) is 10.2. The first-order valence-corrected chi connectivity index (χ1v) is 8.08. The summed E-state index contributed by atoms with van der Waals surface area (Å²) >= 11 is 0. The Kier molecular flexibility index (Phi) is 3.47. The fraction of sp³-hybridized carbons (Fsp3) is 0.263. The number of rotatable bonds is 2. The minimum Gasteiger partial charge on any atom is -0.370 e. The normalized spacial score (nSPS) is 14.8. The molecular weight excluding hydrogens is 284 g/mol. The maximum Gasteiger partial charge on any atom is 0.138 e. The van der Waals surface area contributed by atoms with Gasteiger partial charge in [-0.1, -0.05) is 12.1 Å². The van der Waals surface area contributed by atoms with Gasteiger partial charge in [0, 0.05) is 30.2 Å². The number of piperidine rings is 1. The highest BCUT2D eigenvalue weighted by Crippen LogP contribution is 2.31. The molecule has 0 atom stereocenters. The number of H-pyrrole nitrogens is 1. The number of aromatic nitrogens is 2. The Morgan fingerprint density at radius 2 is 2.00 bits per heavy atom. The third kappa shape index (κ3) is 2.55. The van der Waals surface area contributed by atoms with Crippen LogP contribution in [0.15, 0.2) is 42.7 Å². The van der Waals surface area contributed by atoms with Crippen molar-refractivity contribution in [2.75, 3.05) is 18.0 Å². The smallest absolute Gasteiger partial charge is 0.138 e. The summed E-state index contributed by atoms with van der Waals surface area (Å²) in [6.07, 6.45) is 7.76. The monoisotopic (exact) mass is 302 g/mol. The van der Waals surface area contributed by atoms with Gasteiger partial charge < -0.3 is 9.88 Å². The molecule has 0 bridgehead atoms. The Balaban J connectivity index is 1.79. The molecule has 0 spiro atoms. The number of anilines is 1. The van der Waals surface area contributed by atoms with Crippen LogP contribution in [-0.2, 0) is 0 Å². The van der Waals surface area contributed by atoms with Crippen molar-refractivity contribution >= 4 is 16.7 Å². The van der Waals surface area contributed by atoms with Crippen molar-refractivity contribution < 1.29 is 0 Å². The zero-order valence-electron chi connectivity index (χ0n) is 12.9. The van der Waals surface area contributed by atoms with Gasteiger partial charge in [0.1, 0.15) is 5.65 Å². The molecule has 0 amide bonds. The Labute approximate surface area is 135 Å². The van der Waals surface area contributed by atoms with Crippen molar-refractivity contribution in [2.24, 2.45) is 0 Å². The third-order valence-corrected chi connectivity index (χ3v) is 4.54. The molecule has 114 valence electrons. The summed E-state index contributed by atoms with van der Waals surface area (Å²) in [5.41, 5.74) is 4.91. The molecule has 0 aliphatic carbocycles. The fourth-order valence-corrected chi connectivity index (χ4v) is 3.31. The van der Waals surface area contributed by atoms with Crippen molar-refractivity contribution in [2.45, 2.75) is 19.3 Å². The van der Waals surface area contributed by atoms with Crippen LogP contribution in [0.5, 0.6) is 0 Å². The minimum absolute atomic E-state index is 0.678. The molecular formula is C19H18N4. The minimum atomic E-state index is 0.678. The number of nitriles is 1. The van der Waals surface area contributed by atoms with Crippen LogP contribution in [-0.4, -0.2) is 23.1 Å². The Hall–Kier alpha value is -2.80. The molecule has 4 rings (SSSR count). The topological polar surface area (TPSA) is 55.7 Å². The molecule has 4 nitrogen and oxygen atoms in total. The molecule has 1 aromatic carbocycles. The van der Waals surface area contributed by atoms with Crippen LogP contribution in [0.3, 0.4) is 0 Å². The van der Waals surface area contributed by atoms with E-state index in [-0.39, 0.29) is 0 Å². The highest BCUT2D eigenvalue weighted by molar-refractivity contribution is 5.95. The van der Waals surface area contributed by atoms with Gasteiger partial charge in [0.05, 0.1) is 23.5 Å². The molecule has 1 aliphatic heterocycles. The lowest BCUT2D eigenvalue weighted by molar-refractivity contribution is 0.577. The van der Waals surface area contributed by atoms with Gasteiger partial charge in [-0.15, -0.1) is 0 Å². The van der Waals surface area contributed by atoms with Gasteiger partial charge in [-0.3, -0.25) is 0 Å². The van der Waals surface area contributed by atoms with Crippen molar-refractivity contribution in [1.82, 2.24) is 9.97 Å². The number of aromatic amines is 1. The SMILES string of the molecule is N#Cc1cccc(-c2c[nH]c3ncc(N4CCCCC4)cc23)c1. The predicted molar refractivity (Wildman–Crippen MR) is 92.3 cm³/mol. The van der Waals surface area contributed by atoms with Crippen LogP contribution in [0.4, 0.5) is 5.69 Å². The number of pyridine rings is 1. The fourth-order valence-electron chi connectivity index (χ4n) is 3.31. The van der Waals surface area contributed by atoms with Crippen molar-refractivity contribution in [3.05, 3.63) is 48.3 Å². The first kappa shape index (κ1) is 13.8. The molecule has 1 fully saturated rings. The van der Waals surface area contributed by atoms with Gasteiger partial charge in [-0.25, -0.2) is 4.98 Å². The van der Waals surface area contributed by atoms with E-state index >= 15 is 0 Å². The molecule has 3 aromatic rings. The molecule has 2 aromatic heterocycles. The summed E-state index contributed by atoms with van der Waals surface area (Å²) in [5.74, 6) is 0. The van der Waals surface area contributed by atoms with Crippen molar-refractivity contribution in [3.63, 3.8) is 0 Å². The molecule has 0 saturated carbocycles. The second-order valence-electron chi connectivity index (χ2n) is 6.03. The number of hydrogen-bond acceptors (Lipinski definition) is 3. The number of benzene rings is 1. The van der Waals surface area contributed by atoms with E-state index in [9.17, 15) is 0 Å². The third-order valence-electron chi connectivity index (χ3n) is 4.54. The highest BCUT2D eigenvalue weighted by atomic mass is 15.1. The first-order valence-electron chi connectivity index (χ1n) is 8.08. The maximum absolute atomic E-state index is 9.11. The van der Waals surface area contributed by atoms with Crippen molar-refractivity contribution in [3.8, 4) is 17.2 Å². The average molecular weight is 302 g/mol. The van der Waals surface area contributed by atoms with Crippen LogP contribution in [0, 0.1) is 11.3 Å². The van der Waals surface area contributed by atoms with Crippen LogP contribution in [0.25, 0.3) is 22.2 Å². The molecule has 4 heteroatoms. The zero-order chi connectivity index (χ0) is 15.6. The Morgan fingerprint density at radius 1 is 1.13 bits per heavy atom. The second-order valence-corrected chi connectivity index (χ2v) is 6.03. The second kappa shape index (κ2) is 5.77. The van der Waals surface area contributed by atoms with Gasteiger partial charge in [-0.2, -0.15) is 5.26 Å². The summed E-state index contributed by atoms with van der Waals surface area (Å²) in [5, 5.41) is 10.2. The lowest BCUT2D eigenvalue weighted by Gasteiger charge is -2.28. The van der Waals surface area contributed by atoms with Gasteiger partial charge in [0.25, 0.3) is 0 Å². The van der Waals surface area contributed by atoms with Gasteiger partial charge in [0.15, 0.2) is 0 Å². The van der Waals surface area contributed by atoms with E-state index in [1.165, 1.54) is 24.9 Å². The Morgan fingerprint density at radius 3 is 2.83 bits per heavy atom. The van der Waals surface area contributed by atoms with Crippen LogP contribution >= 0.6 is 0 Å². The van der Waals surface area contributed by atoms with Crippen LogP contribution < -0.4 is 4.90 Å². The quantitative estimate of drug-likeness (QED) is 0.775. The Bertz CT molecular complexity index is 882. The zero-order valence-corrected chi connectivity index (χ0v) is 12.9. The largest absolute Gasteiger partial charge is 0.370 e. The number of hydrogen-bond donors (Lipinski definition) is 1. The molecule has 3 heterocycles. The average Bonchev–Trinajstić information content (AvgIpc) is 3.05. The van der Waals surface area contributed by atoms with E-state index in [4.69, 9.17) is 5.26 Å². The number of nitrogens with zero attached hydrogens (tertiary/aromatic N) is 3. The lowest BCUT2D eigenvalue weighted by Crippen LogP contribution is -2.29. The summed E-state index contributed by atoms with van der Waals surface area (Å²) in [6.45, 7) is 2.22. The molecule has 0 radical (unpaired) electrons. The van der Waals surface area contributed by atoms with Gasteiger partial charge in [0.2, 0.25) is 0 Å². The summed E-state index contributed by atoms with van der Waals surface area (Å²) in [7, 11) is 0. The van der Waals surface area contributed by atoms with E-state index < -0.39 is 0 Å². The number of nitrogens with one attached hydrogen (secondary N) is 1. The highest BCUT2D eigenvalue weighted by Gasteiger charge is 2.14. The standard InChI is InChI=1S/C19H18N4/c20-11-14-5-4-6-15(9-14)18-13-22-19-17(18)10-16(12-21-19)23-7-2-1-3-8-23/h4-6,9-10,12-13H,1-3,7-8H2,(H,21,22). The van der Waals surface area contributed by atoms with E-state index in [2.05, 4.69) is 27.0 Å². The van der Waals surface area contributed by atoms with E-state index in [0.29, 0.717) is 5.56 Å². The molecule has 1 saturated heterocycles. The van der Waals surface area contributed by atoms with Crippen LogP contribution in [0.2, 0.25) is 0 Å². The lowest BCUT2D eigenvalue weighted by atomic mass is 10.0. The molecule has 1 N–H and O–H groups in total. The van der Waals surface area contributed by atoms with Crippen molar-refractivity contribution in [1.29, 1.82) is 5.26 Å².